The zero-order valence-corrected chi connectivity index (χ0v) is 24.3. The molecule has 0 spiro atoms. The molecule has 7 nitrogen and oxygen atoms in total. The maximum Gasteiger partial charge on any atom is 0.264 e. The Labute approximate surface area is 232 Å². The fourth-order valence-electron chi connectivity index (χ4n) is 4.61. The van der Waals surface area contributed by atoms with E-state index in [1.807, 2.05) is 71.0 Å². The first kappa shape index (κ1) is 29.9. The number of sulfonamides is 1. The monoisotopic (exact) mass is 549 g/mol. The smallest absolute Gasteiger partial charge is 0.264 e. The lowest BCUT2D eigenvalue weighted by Crippen LogP contribution is -2.52. The predicted molar refractivity (Wildman–Crippen MR) is 156 cm³/mol. The van der Waals surface area contributed by atoms with Gasteiger partial charge in [-0.05, 0) is 62.9 Å². The molecule has 2 amide bonds. The van der Waals surface area contributed by atoms with Crippen LogP contribution in [-0.4, -0.2) is 44.3 Å². The Kier molecular flexibility index (Phi) is 10.3. The van der Waals surface area contributed by atoms with Crippen molar-refractivity contribution in [1.29, 1.82) is 0 Å². The normalized spacial score (nSPS) is 12.0. The summed E-state index contributed by atoms with van der Waals surface area (Å²) >= 11 is 0. The number of amides is 2. The van der Waals surface area contributed by atoms with E-state index in [9.17, 15) is 18.0 Å². The second kappa shape index (κ2) is 13.4. The highest BCUT2D eigenvalue weighted by Gasteiger charge is 2.34. The van der Waals surface area contributed by atoms with Crippen molar-refractivity contribution in [3.05, 3.63) is 95.1 Å². The van der Waals surface area contributed by atoms with Crippen molar-refractivity contribution >= 4 is 27.5 Å². The maximum absolute atomic E-state index is 14.1. The molecule has 0 fully saturated rings. The van der Waals surface area contributed by atoms with Crippen molar-refractivity contribution < 1.29 is 18.0 Å². The predicted octanol–water partition coefficient (Wildman–Crippen LogP) is 5.14. The molecule has 0 unspecified atom stereocenters. The third kappa shape index (κ3) is 7.47. The number of nitrogens with zero attached hydrogens (tertiary/aromatic N) is 2. The van der Waals surface area contributed by atoms with Crippen LogP contribution in [0.2, 0.25) is 0 Å². The number of rotatable bonds is 12. The third-order valence-corrected chi connectivity index (χ3v) is 8.38. The van der Waals surface area contributed by atoms with Crippen LogP contribution < -0.4 is 9.62 Å². The van der Waals surface area contributed by atoms with Crippen molar-refractivity contribution in [2.45, 2.75) is 64.9 Å². The lowest BCUT2D eigenvalue weighted by molar-refractivity contribution is -0.140. The molecule has 1 N–H and O–H groups in total. The summed E-state index contributed by atoms with van der Waals surface area (Å²) in [5, 5.41) is 2.91. The van der Waals surface area contributed by atoms with Gasteiger partial charge in [0.15, 0.2) is 0 Å². The van der Waals surface area contributed by atoms with Crippen LogP contribution in [0.25, 0.3) is 0 Å². The highest BCUT2D eigenvalue weighted by Crippen LogP contribution is 2.28. The van der Waals surface area contributed by atoms with E-state index < -0.39 is 28.5 Å². The maximum atomic E-state index is 14.1. The zero-order valence-electron chi connectivity index (χ0n) is 23.5. The number of benzene rings is 3. The number of carbonyl (C=O) groups is 2. The summed E-state index contributed by atoms with van der Waals surface area (Å²) in [7, 11) is -4.08. The molecule has 208 valence electrons. The van der Waals surface area contributed by atoms with E-state index in [0.717, 1.165) is 28.7 Å². The quantitative estimate of drug-likeness (QED) is 0.339. The molecule has 0 saturated carbocycles. The summed E-state index contributed by atoms with van der Waals surface area (Å²) in [6.07, 6.45) is 1.16. The van der Waals surface area contributed by atoms with Gasteiger partial charge >= 0.3 is 0 Å². The molecule has 0 bridgehead atoms. The fraction of sp³-hybridized carbons (Fsp3) is 0.355. The van der Waals surface area contributed by atoms with Crippen molar-refractivity contribution in [2.24, 2.45) is 0 Å². The van der Waals surface area contributed by atoms with Crippen LogP contribution in [0.5, 0.6) is 0 Å². The summed E-state index contributed by atoms with van der Waals surface area (Å²) < 4.78 is 29.0. The minimum absolute atomic E-state index is 0.0933. The largest absolute Gasteiger partial charge is 0.354 e. The van der Waals surface area contributed by atoms with Crippen molar-refractivity contribution in [3.63, 3.8) is 0 Å². The summed E-state index contributed by atoms with van der Waals surface area (Å²) in [5.74, 6) is -0.696. The second-order valence-corrected chi connectivity index (χ2v) is 11.7. The minimum atomic E-state index is -4.08. The van der Waals surface area contributed by atoms with Crippen LogP contribution in [0.3, 0.4) is 0 Å². The highest BCUT2D eigenvalue weighted by molar-refractivity contribution is 7.92. The molecule has 39 heavy (non-hydrogen) atoms. The summed E-state index contributed by atoms with van der Waals surface area (Å²) in [6, 6.07) is 20.6. The molecule has 0 aromatic heterocycles. The number of nitrogens with one attached hydrogen (secondary N) is 1. The number of aryl methyl sites for hydroxylation is 3. The van der Waals surface area contributed by atoms with Crippen molar-refractivity contribution in [2.75, 3.05) is 17.4 Å². The Morgan fingerprint density at radius 2 is 1.56 bits per heavy atom. The Morgan fingerprint density at radius 3 is 2.18 bits per heavy atom. The van der Waals surface area contributed by atoms with Gasteiger partial charge in [0.25, 0.3) is 10.0 Å². The molecular weight excluding hydrogens is 510 g/mol. The Balaban J connectivity index is 2.07. The van der Waals surface area contributed by atoms with E-state index in [4.69, 9.17) is 0 Å². The van der Waals surface area contributed by atoms with E-state index in [2.05, 4.69) is 5.32 Å². The number of carbonyl (C=O) groups excluding carboxylic acids is 2. The third-order valence-electron chi connectivity index (χ3n) is 6.60. The molecule has 0 aliphatic carbocycles. The molecular formula is C31H39N3O4S. The SMILES string of the molecule is CCCNC(=O)[C@H](CC)N(Cc1cccc(C)c1)C(=O)CN(c1ccc(C)cc1C)S(=O)(=O)c1ccccc1. The number of hydrogen-bond donors (Lipinski definition) is 1. The van der Waals surface area contributed by atoms with E-state index >= 15 is 0 Å². The van der Waals surface area contributed by atoms with Gasteiger partial charge in [0.2, 0.25) is 11.8 Å². The molecule has 0 aliphatic rings. The molecule has 1 atom stereocenters. The lowest BCUT2D eigenvalue weighted by Gasteiger charge is -2.33. The number of hydrogen-bond acceptors (Lipinski definition) is 4. The van der Waals surface area contributed by atoms with Gasteiger partial charge in [0.1, 0.15) is 12.6 Å². The molecule has 0 saturated heterocycles. The van der Waals surface area contributed by atoms with Gasteiger partial charge in [0, 0.05) is 13.1 Å². The van der Waals surface area contributed by atoms with E-state index in [0.29, 0.717) is 18.7 Å². The van der Waals surface area contributed by atoms with Crippen LogP contribution in [0.4, 0.5) is 5.69 Å². The van der Waals surface area contributed by atoms with E-state index in [-0.39, 0.29) is 17.3 Å². The molecule has 3 aromatic rings. The molecule has 0 radical (unpaired) electrons. The Bertz CT molecular complexity index is 1390. The van der Waals surface area contributed by atoms with Crippen LogP contribution in [0.1, 0.15) is 48.9 Å². The van der Waals surface area contributed by atoms with E-state index in [1.165, 1.54) is 21.3 Å². The molecule has 8 heteroatoms. The van der Waals surface area contributed by atoms with Crippen LogP contribution in [0.15, 0.2) is 77.7 Å². The number of anilines is 1. The van der Waals surface area contributed by atoms with Crippen molar-refractivity contribution in [3.8, 4) is 0 Å². The molecule has 0 heterocycles. The van der Waals surface area contributed by atoms with Crippen molar-refractivity contribution in [1.82, 2.24) is 10.2 Å². The van der Waals surface area contributed by atoms with Gasteiger partial charge in [-0.15, -0.1) is 0 Å². The van der Waals surface area contributed by atoms with Gasteiger partial charge in [-0.1, -0.05) is 79.6 Å². The molecule has 3 aromatic carbocycles. The van der Waals surface area contributed by atoms with Crippen LogP contribution in [0, 0.1) is 20.8 Å². The summed E-state index contributed by atoms with van der Waals surface area (Å²) in [5.41, 5.74) is 4.05. The van der Waals surface area contributed by atoms with Gasteiger partial charge in [-0.2, -0.15) is 0 Å². The Morgan fingerprint density at radius 1 is 0.872 bits per heavy atom. The van der Waals surface area contributed by atoms with Gasteiger partial charge in [-0.25, -0.2) is 8.42 Å². The molecule has 3 rings (SSSR count). The van der Waals surface area contributed by atoms with Gasteiger partial charge in [0.05, 0.1) is 10.6 Å². The first-order valence-electron chi connectivity index (χ1n) is 13.4. The fourth-order valence-corrected chi connectivity index (χ4v) is 6.11. The lowest BCUT2D eigenvalue weighted by atomic mass is 10.1. The Hall–Kier alpha value is -3.65. The summed E-state index contributed by atoms with van der Waals surface area (Å²) in [4.78, 5) is 28.9. The first-order valence-corrected chi connectivity index (χ1v) is 14.8. The average Bonchev–Trinajstić information content (AvgIpc) is 2.91. The summed E-state index contributed by atoms with van der Waals surface area (Å²) in [6.45, 7) is 9.80. The average molecular weight is 550 g/mol. The standard InChI is InChI=1S/C31H39N3O4S/c1-6-18-32-31(36)28(7-2)33(21-26-13-11-12-23(3)20-26)30(35)22-34(29-17-16-24(4)19-25(29)5)39(37,38)27-14-9-8-10-15-27/h8-17,19-20,28H,6-7,18,21-22H2,1-5H3,(H,32,36)/t28-/m0/s1. The van der Waals surface area contributed by atoms with Gasteiger partial charge < -0.3 is 10.2 Å². The zero-order chi connectivity index (χ0) is 28.6. The molecule has 0 aliphatic heterocycles. The minimum Gasteiger partial charge on any atom is -0.354 e. The second-order valence-electron chi connectivity index (χ2n) is 9.84. The van der Waals surface area contributed by atoms with E-state index in [1.54, 1.807) is 24.3 Å². The van der Waals surface area contributed by atoms with Crippen LogP contribution in [-0.2, 0) is 26.2 Å². The van der Waals surface area contributed by atoms with Gasteiger partial charge in [-0.3, -0.25) is 13.9 Å². The highest BCUT2D eigenvalue weighted by atomic mass is 32.2. The van der Waals surface area contributed by atoms with Crippen LogP contribution >= 0.6 is 0 Å². The topological polar surface area (TPSA) is 86.8 Å². The first-order chi connectivity index (χ1) is 18.6.